The number of nitrogens with one attached hydrogen (secondary N) is 2. The van der Waals surface area contributed by atoms with E-state index >= 15 is 0 Å². The molecule has 0 saturated carbocycles. The van der Waals surface area contributed by atoms with E-state index in [0.717, 1.165) is 11.1 Å². The van der Waals surface area contributed by atoms with Crippen molar-refractivity contribution in [2.75, 3.05) is 20.3 Å². The van der Waals surface area contributed by atoms with Crippen molar-refractivity contribution in [3.8, 4) is 16.9 Å². The van der Waals surface area contributed by atoms with Crippen molar-refractivity contribution >= 4 is 11.8 Å². The van der Waals surface area contributed by atoms with Crippen LogP contribution in [-0.4, -0.2) is 32.1 Å². The second-order valence-electron chi connectivity index (χ2n) is 6.19. The van der Waals surface area contributed by atoms with Crippen LogP contribution in [0.4, 0.5) is 0 Å². The van der Waals surface area contributed by atoms with Gasteiger partial charge in [0.15, 0.2) is 0 Å². The topological polar surface area (TPSA) is 76.7 Å². The predicted octanol–water partition coefficient (Wildman–Crippen LogP) is 3.45. The van der Waals surface area contributed by atoms with Crippen molar-refractivity contribution in [1.82, 2.24) is 10.9 Å². The number of benzene rings is 3. The van der Waals surface area contributed by atoms with Crippen LogP contribution in [0.5, 0.6) is 5.75 Å². The minimum absolute atomic E-state index is 0.320. The summed E-state index contributed by atoms with van der Waals surface area (Å²) >= 11 is 0. The summed E-state index contributed by atoms with van der Waals surface area (Å²) in [4.78, 5) is 24.8. The molecule has 3 aromatic carbocycles. The van der Waals surface area contributed by atoms with E-state index in [1.54, 1.807) is 43.5 Å². The van der Waals surface area contributed by atoms with Crippen molar-refractivity contribution < 1.29 is 19.1 Å². The lowest BCUT2D eigenvalue weighted by atomic mass is 10.0. The van der Waals surface area contributed by atoms with Gasteiger partial charge in [0, 0.05) is 12.7 Å². The second kappa shape index (κ2) is 10.1. The van der Waals surface area contributed by atoms with Crippen molar-refractivity contribution in [2.24, 2.45) is 0 Å². The summed E-state index contributed by atoms with van der Waals surface area (Å²) < 4.78 is 10.5. The van der Waals surface area contributed by atoms with Crippen LogP contribution in [0.1, 0.15) is 20.7 Å². The van der Waals surface area contributed by atoms with Crippen molar-refractivity contribution in [3.63, 3.8) is 0 Å². The molecule has 0 fully saturated rings. The Labute approximate surface area is 169 Å². The number of carbonyl (C=O) groups is 2. The van der Waals surface area contributed by atoms with Gasteiger partial charge in [-0.05, 0) is 35.4 Å². The first-order chi connectivity index (χ1) is 14.2. The molecule has 0 aliphatic rings. The lowest BCUT2D eigenvalue weighted by Gasteiger charge is -2.12. The third-order valence-electron chi connectivity index (χ3n) is 4.22. The molecule has 0 aliphatic carbocycles. The summed E-state index contributed by atoms with van der Waals surface area (Å²) in [5, 5.41) is 0. The van der Waals surface area contributed by atoms with Crippen molar-refractivity contribution in [2.45, 2.75) is 0 Å². The van der Waals surface area contributed by atoms with Crippen LogP contribution < -0.4 is 15.6 Å². The van der Waals surface area contributed by atoms with E-state index in [9.17, 15) is 9.59 Å². The standard InChI is InChI=1S/C23H22N2O4/c1-28-15-16-29-21-10-6-5-9-20(21)23(27)25-24-22(26)19-13-11-18(12-14-19)17-7-3-2-4-8-17/h2-14H,15-16H2,1H3,(H,24,26)(H,25,27). The number of ether oxygens (including phenoxy) is 2. The molecule has 0 saturated heterocycles. The molecular formula is C23H22N2O4. The van der Waals surface area contributed by atoms with Gasteiger partial charge in [-0.25, -0.2) is 0 Å². The molecule has 0 unspecified atom stereocenters. The highest BCUT2D eigenvalue weighted by Crippen LogP contribution is 2.19. The first-order valence-corrected chi connectivity index (χ1v) is 9.16. The SMILES string of the molecule is COCCOc1ccccc1C(=O)NNC(=O)c1ccc(-c2ccccc2)cc1. The Balaban J connectivity index is 1.60. The molecule has 0 bridgehead atoms. The van der Waals surface area contributed by atoms with Gasteiger partial charge in [0.05, 0.1) is 12.2 Å². The molecule has 0 radical (unpaired) electrons. The summed E-state index contributed by atoms with van der Waals surface area (Å²) in [6.45, 7) is 0.729. The van der Waals surface area contributed by atoms with E-state index < -0.39 is 11.8 Å². The summed E-state index contributed by atoms with van der Waals surface area (Å²) in [7, 11) is 1.57. The lowest BCUT2D eigenvalue weighted by Crippen LogP contribution is -2.41. The van der Waals surface area contributed by atoms with Crippen molar-refractivity contribution in [1.29, 1.82) is 0 Å². The molecule has 0 aromatic heterocycles. The zero-order valence-corrected chi connectivity index (χ0v) is 16.1. The molecule has 2 amide bonds. The minimum atomic E-state index is -0.465. The summed E-state index contributed by atoms with van der Waals surface area (Å²) in [5.74, 6) is -0.452. The van der Waals surface area contributed by atoms with Gasteiger partial charge < -0.3 is 9.47 Å². The van der Waals surface area contributed by atoms with Gasteiger partial charge in [0.2, 0.25) is 0 Å². The maximum Gasteiger partial charge on any atom is 0.273 e. The molecule has 29 heavy (non-hydrogen) atoms. The Hall–Kier alpha value is -3.64. The Bertz CT molecular complexity index is 956. The van der Waals surface area contributed by atoms with Crippen LogP contribution in [-0.2, 0) is 4.74 Å². The minimum Gasteiger partial charge on any atom is -0.490 e. The number of hydrazine groups is 1. The predicted molar refractivity (Wildman–Crippen MR) is 111 cm³/mol. The number of hydrogen-bond acceptors (Lipinski definition) is 4. The molecule has 0 aliphatic heterocycles. The normalized spacial score (nSPS) is 10.2. The lowest BCUT2D eigenvalue weighted by molar-refractivity contribution is 0.0842. The van der Waals surface area contributed by atoms with E-state index in [-0.39, 0.29) is 0 Å². The van der Waals surface area contributed by atoms with E-state index in [1.165, 1.54) is 0 Å². The van der Waals surface area contributed by atoms with Crippen LogP contribution in [0.2, 0.25) is 0 Å². The molecule has 3 rings (SSSR count). The van der Waals surface area contributed by atoms with Gasteiger partial charge in [-0.15, -0.1) is 0 Å². The number of methoxy groups -OCH3 is 1. The monoisotopic (exact) mass is 390 g/mol. The Morgan fingerprint density at radius 3 is 2.07 bits per heavy atom. The maximum atomic E-state index is 12.4. The highest BCUT2D eigenvalue weighted by Gasteiger charge is 2.13. The molecule has 0 heterocycles. The molecule has 148 valence electrons. The fourth-order valence-electron chi connectivity index (χ4n) is 2.71. The van der Waals surface area contributed by atoms with E-state index in [4.69, 9.17) is 9.47 Å². The molecule has 6 nitrogen and oxygen atoms in total. The van der Waals surface area contributed by atoms with E-state index in [2.05, 4.69) is 10.9 Å². The first-order valence-electron chi connectivity index (χ1n) is 9.16. The highest BCUT2D eigenvalue weighted by atomic mass is 16.5. The number of rotatable bonds is 7. The average Bonchev–Trinajstić information content (AvgIpc) is 2.78. The molecule has 0 spiro atoms. The summed E-state index contributed by atoms with van der Waals surface area (Å²) in [6, 6.07) is 23.8. The van der Waals surface area contributed by atoms with Gasteiger partial charge in [0.1, 0.15) is 12.4 Å². The summed E-state index contributed by atoms with van der Waals surface area (Å²) in [5.41, 5.74) is 7.69. The zero-order chi connectivity index (χ0) is 20.5. The highest BCUT2D eigenvalue weighted by molar-refractivity contribution is 6.00. The number of hydrogen-bond donors (Lipinski definition) is 2. The number of amides is 2. The first kappa shape index (κ1) is 20.1. The zero-order valence-electron chi connectivity index (χ0n) is 16.1. The van der Waals surface area contributed by atoms with Gasteiger partial charge in [0.25, 0.3) is 11.8 Å². The van der Waals surface area contributed by atoms with Gasteiger partial charge in [-0.2, -0.15) is 0 Å². The summed E-state index contributed by atoms with van der Waals surface area (Å²) in [6.07, 6.45) is 0. The van der Waals surface area contributed by atoms with Crippen LogP contribution in [0.3, 0.4) is 0 Å². The van der Waals surface area contributed by atoms with Crippen LogP contribution >= 0.6 is 0 Å². The van der Waals surface area contributed by atoms with Gasteiger partial charge >= 0.3 is 0 Å². The molecule has 6 heteroatoms. The Morgan fingerprint density at radius 1 is 0.724 bits per heavy atom. The molecule has 0 atom stereocenters. The molecule has 3 aromatic rings. The largest absolute Gasteiger partial charge is 0.490 e. The fourth-order valence-corrected chi connectivity index (χ4v) is 2.71. The fraction of sp³-hybridized carbons (Fsp3) is 0.130. The van der Waals surface area contributed by atoms with E-state index in [0.29, 0.717) is 30.1 Å². The quantitative estimate of drug-likeness (QED) is 0.479. The van der Waals surface area contributed by atoms with Gasteiger partial charge in [-0.1, -0.05) is 54.6 Å². The third kappa shape index (κ3) is 5.43. The van der Waals surface area contributed by atoms with Crippen LogP contribution in [0, 0.1) is 0 Å². The third-order valence-corrected chi connectivity index (χ3v) is 4.22. The Morgan fingerprint density at radius 2 is 1.34 bits per heavy atom. The Kier molecular flexibility index (Phi) is 6.97. The molecule has 2 N–H and O–H groups in total. The smallest absolute Gasteiger partial charge is 0.273 e. The number of carbonyl (C=O) groups excluding carboxylic acids is 2. The average molecular weight is 390 g/mol. The van der Waals surface area contributed by atoms with Crippen molar-refractivity contribution in [3.05, 3.63) is 90.0 Å². The number of para-hydroxylation sites is 1. The second-order valence-corrected chi connectivity index (χ2v) is 6.19. The molecular weight excluding hydrogens is 368 g/mol. The van der Waals surface area contributed by atoms with Gasteiger partial charge in [-0.3, -0.25) is 20.4 Å². The van der Waals surface area contributed by atoms with E-state index in [1.807, 2.05) is 42.5 Å². The van der Waals surface area contributed by atoms with Crippen LogP contribution in [0.25, 0.3) is 11.1 Å². The van der Waals surface area contributed by atoms with Crippen LogP contribution in [0.15, 0.2) is 78.9 Å². The maximum absolute atomic E-state index is 12.4.